The van der Waals surface area contributed by atoms with Crippen molar-refractivity contribution in [1.29, 1.82) is 0 Å². The average molecular weight is 247 g/mol. The first kappa shape index (κ1) is 12.5. The maximum Gasteiger partial charge on any atom is 0.325 e. The predicted molar refractivity (Wildman–Crippen MR) is 66.6 cm³/mol. The van der Waals surface area contributed by atoms with E-state index in [1.807, 2.05) is 19.9 Å². The molecule has 0 aliphatic carbocycles. The van der Waals surface area contributed by atoms with Gasteiger partial charge in [0.05, 0.1) is 6.54 Å². The van der Waals surface area contributed by atoms with Gasteiger partial charge in [0.25, 0.3) is 5.91 Å². The number of pyridine rings is 1. The quantitative estimate of drug-likeness (QED) is 0.821. The van der Waals surface area contributed by atoms with Crippen molar-refractivity contribution in [3.8, 4) is 0 Å². The normalized spacial score (nSPS) is 19.5. The summed E-state index contributed by atoms with van der Waals surface area (Å²) in [6.45, 7) is 4.35. The Kier molecular flexibility index (Phi) is 3.60. The van der Waals surface area contributed by atoms with Crippen molar-refractivity contribution in [3.63, 3.8) is 0 Å². The van der Waals surface area contributed by atoms with Crippen molar-refractivity contribution in [2.24, 2.45) is 5.92 Å². The van der Waals surface area contributed by atoms with Crippen LogP contribution in [-0.2, 0) is 11.3 Å². The summed E-state index contributed by atoms with van der Waals surface area (Å²) in [5, 5.41) is 2.72. The third-order valence-electron chi connectivity index (χ3n) is 2.88. The second-order valence-corrected chi connectivity index (χ2v) is 4.92. The second-order valence-electron chi connectivity index (χ2n) is 4.92. The number of nitrogens with zero attached hydrogens (tertiary/aromatic N) is 2. The van der Waals surface area contributed by atoms with Crippen LogP contribution in [0.3, 0.4) is 0 Å². The Morgan fingerprint density at radius 3 is 2.83 bits per heavy atom. The van der Waals surface area contributed by atoms with Gasteiger partial charge in [-0.25, -0.2) is 4.79 Å². The molecule has 1 aromatic rings. The highest BCUT2D eigenvalue weighted by Gasteiger charge is 2.37. The number of rotatable bonds is 4. The Morgan fingerprint density at radius 2 is 2.22 bits per heavy atom. The van der Waals surface area contributed by atoms with E-state index in [2.05, 4.69) is 10.3 Å². The number of hydrogen-bond donors (Lipinski definition) is 1. The molecule has 5 nitrogen and oxygen atoms in total. The summed E-state index contributed by atoms with van der Waals surface area (Å²) in [4.78, 5) is 29.1. The largest absolute Gasteiger partial charge is 0.326 e. The number of hydrogen-bond acceptors (Lipinski definition) is 3. The Bertz CT molecular complexity index is 445. The molecule has 1 aliphatic heterocycles. The maximum absolute atomic E-state index is 12.1. The molecule has 1 fully saturated rings. The molecular weight excluding hydrogens is 230 g/mol. The first-order valence-electron chi connectivity index (χ1n) is 6.08. The smallest absolute Gasteiger partial charge is 0.325 e. The SMILES string of the molecule is CC(C)C[C@H]1NC(=O)N(Cc2cccnc2)C1=O. The van der Waals surface area contributed by atoms with Gasteiger partial charge in [0.15, 0.2) is 0 Å². The lowest BCUT2D eigenvalue weighted by molar-refractivity contribution is -0.128. The third-order valence-corrected chi connectivity index (χ3v) is 2.88. The molecule has 0 bridgehead atoms. The number of imide groups is 1. The third kappa shape index (κ3) is 2.67. The standard InChI is InChI=1S/C13H17N3O2/c1-9(2)6-11-12(17)16(13(18)15-11)8-10-4-3-5-14-7-10/h3-5,7,9,11H,6,8H2,1-2H3,(H,15,18)/t11-/m1/s1. The molecule has 18 heavy (non-hydrogen) atoms. The first-order valence-corrected chi connectivity index (χ1v) is 6.08. The van der Waals surface area contributed by atoms with Crippen molar-refractivity contribution < 1.29 is 9.59 Å². The first-order chi connectivity index (χ1) is 8.58. The van der Waals surface area contributed by atoms with Crippen molar-refractivity contribution >= 4 is 11.9 Å². The van der Waals surface area contributed by atoms with E-state index in [0.29, 0.717) is 12.3 Å². The van der Waals surface area contributed by atoms with Gasteiger partial charge in [-0.05, 0) is 24.0 Å². The fraction of sp³-hybridized carbons (Fsp3) is 0.462. The van der Waals surface area contributed by atoms with Crippen LogP contribution in [0.2, 0.25) is 0 Å². The van der Waals surface area contributed by atoms with Crippen molar-refractivity contribution in [1.82, 2.24) is 15.2 Å². The molecule has 96 valence electrons. The minimum Gasteiger partial charge on any atom is -0.326 e. The summed E-state index contributed by atoms with van der Waals surface area (Å²) in [5.41, 5.74) is 0.853. The van der Waals surface area contributed by atoms with Crippen LogP contribution < -0.4 is 5.32 Å². The van der Waals surface area contributed by atoms with Crippen LogP contribution in [0, 0.1) is 5.92 Å². The molecule has 0 aromatic carbocycles. The van der Waals surface area contributed by atoms with Gasteiger partial charge in [-0.15, -0.1) is 0 Å². The molecule has 0 radical (unpaired) electrons. The Labute approximate surface area is 106 Å². The van der Waals surface area contributed by atoms with Gasteiger partial charge in [-0.2, -0.15) is 0 Å². The number of carbonyl (C=O) groups is 2. The van der Waals surface area contributed by atoms with E-state index in [1.165, 1.54) is 4.90 Å². The highest BCUT2D eigenvalue weighted by molar-refractivity contribution is 6.04. The molecular formula is C13H17N3O2. The summed E-state index contributed by atoms with van der Waals surface area (Å²) in [6.07, 6.45) is 4.00. The van der Waals surface area contributed by atoms with E-state index < -0.39 is 0 Å². The zero-order chi connectivity index (χ0) is 13.1. The van der Waals surface area contributed by atoms with Gasteiger partial charge < -0.3 is 5.32 Å². The number of nitrogens with one attached hydrogen (secondary N) is 1. The molecule has 3 amide bonds. The van der Waals surface area contributed by atoms with Crippen LogP contribution >= 0.6 is 0 Å². The van der Waals surface area contributed by atoms with E-state index in [1.54, 1.807) is 18.5 Å². The molecule has 5 heteroatoms. The molecule has 1 aromatic heterocycles. The lowest BCUT2D eigenvalue weighted by Gasteiger charge is -2.13. The van der Waals surface area contributed by atoms with Crippen LogP contribution in [0.4, 0.5) is 4.79 Å². The Hall–Kier alpha value is -1.91. The lowest BCUT2D eigenvalue weighted by Crippen LogP contribution is -2.31. The van der Waals surface area contributed by atoms with E-state index in [4.69, 9.17) is 0 Å². The van der Waals surface area contributed by atoms with Gasteiger partial charge >= 0.3 is 6.03 Å². The molecule has 1 aliphatic rings. The van der Waals surface area contributed by atoms with Gasteiger partial charge in [0, 0.05) is 12.4 Å². The van der Waals surface area contributed by atoms with Crippen LogP contribution in [0.15, 0.2) is 24.5 Å². The number of urea groups is 1. The maximum atomic E-state index is 12.1. The lowest BCUT2D eigenvalue weighted by atomic mass is 10.0. The summed E-state index contributed by atoms with van der Waals surface area (Å²) in [5.74, 6) is 0.232. The van der Waals surface area contributed by atoms with Gasteiger partial charge in [-0.1, -0.05) is 19.9 Å². The van der Waals surface area contributed by atoms with Gasteiger partial charge in [0.1, 0.15) is 6.04 Å². The molecule has 0 saturated carbocycles. The molecule has 1 saturated heterocycles. The minimum atomic E-state index is -0.380. The highest BCUT2D eigenvalue weighted by Crippen LogP contribution is 2.16. The topological polar surface area (TPSA) is 62.3 Å². The van der Waals surface area contributed by atoms with E-state index >= 15 is 0 Å². The second kappa shape index (κ2) is 5.16. The van der Waals surface area contributed by atoms with Crippen LogP contribution in [0.5, 0.6) is 0 Å². The van der Waals surface area contributed by atoms with Crippen molar-refractivity contribution in [2.75, 3.05) is 0 Å². The monoisotopic (exact) mass is 247 g/mol. The van der Waals surface area contributed by atoms with Crippen LogP contribution in [0.1, 0.15) is 25.8 Å². The minimum absolute atomic E-state index is 0.141. The van der Waals surface area contributed by atoms with Crippen molar-refractivity contribution in [2.45, 2.75) is 32.9 Å². The Balaban J connectivity index is 2.06. The van der Waals surface area contributed by atoms with Crippen molar-refractivity contribution in [3.05, 3.63) is 30.1 Å². The molecule has 0 spiro atoms. The number of amides is 3. The van der Waals surface area contributed by atoms with E-state index in [9.17, 15) is 9.59 Å². The zero-order valence-electron chi connectivity index (χ0n) is 10.6. The van der Waals surface area contributed by atoms with Crippen LogP contribution in [0.25, 0.3) is 0 Å². The molecule has 1 atom stereocenters. The fourth-order valence-corrected chi connectivity index (χ4v) is 2.03. The number of aromatic nitrogens is 1. The zero-order valence-corrected chi connectivity index (χ0v) is 10.6. The van der Waals surface area contributed by atoms with E-state index in [-0.39, 0.29) is 24.5 Å². The van der Waals surface area contributed by atoms with Crippen LogP contribution in [-0.4, -0.2) is 27.9 Å². The van der Waals surface area contributed by atoms with Gasteiger partial charge in [0.2, 0.25) is 0 Å². The highest BCUT2D eigenvalue weighted by atomic mass is 16.2. The summed E-state index contributed by atoms with van der Waals surface area (Å²) in [7, 11) is 0. The Morgan fingerprint density at radius 1 is 1.44 bits per heavy atom. The molecule has 0 unspecified atom stereocenters. The number of carbonyl (C=O) groups excluding carboxylic acids is 2. The summed E-state index contributed by atoms with van der Waals surface area (Å²) < 4.78 is 0. The molecule has 2 rings (SSSR count). The predicted octanol–water partition coefficient (Wildman–Crippen LogP) is 1.55. The van der Waals surface area contributed by atoms with E-state index in [0.717, 1.165) is 5.56 Å². The average Bonchev–Trinajstić information content (AvgIpc) is 2.58. The fourth-order valence-electron chi connectivity index (χ4n) is 2.03. The summed E-state index contributed by atoms with van der Waals surface area (Å²) in [6, 6.07) is 2.95. The molecule has 1 N–H and O–H groups in total. The summed E-state index contributed by atoms with van der Waals surface area (Å²) >= 11 is 0. The van der Waals surface area contributed by atoms with Gasteiger partial charge in [-0.3, -0.25) is 14.7 Å². The molecule has 2 heterocycles.